The third-order valence-electron chi connectivity index (χ3n) is 4.94. The summed E-state index contributed by atoms with van der Waals surface area (Å²) < 4.78 is 53.5. The van der Waals surface area contributed by atoms with Crippen molar-refractivity contribution in [2.75, 3.05) is 31.5 Å². The van der Waals surface area contributed by atoms with Crippen LogP contribution in [0, 0.1) is 0 Å². The molecule has 2 aromatic carbocycles. The molecule has 0 saturated carbocycles. The lowest BCUT2D eigenvalue weighted by Crippen LogP contribution is -2.33. The Morgan fingerprint density at radius 3 is 2.38 bits per heavy atom. The van der Waals surface area contributed by atoms with Crippen LogP contribution in [0.25, 0.3) is 11.1 Å². The van der Waals surface area contributed by atoms with Crippen LogP contribution in [-0.2, 0) is 20.0 Å². The van der Waals surface area contributed by atoms with E-state index in [0.717, 1.165) is 0 Å². The smallest absolute Gasteiger partial charge is 0.241 e. The topological polar surface area (TPSA) is 239 Å². The largest absolute Gasteiger partial charge is 0.390 e. The molecule has 1 aliphatic heterocycles. The van der Waals surface area contributed by atoms with Gasteiger partial charge in [0.1, 0.15) is 16.0 Å². The third kappa shape index (κ3) is 6.06. The van der Waals surface area contributed by atoms with Crippen LogP contribution in [0.1, 0.15) is 11.7 Å². The molecule has 188 valence electrons. The maximum atomic E-state index is 12.9. The number of primary sulfonamides is 1. The lowest BCUT2D eigenvalue weighted by atomic mass is 9.97. The second-order valence-corrected chi connectivity index (χ2v) is 10.6. The van der Waals surface area contributed by atoms with E-state index >= 15 is 0 Å². The average Bonchev–Trinajstić information content (AvgIpc) is 3.34. The van der Waals surface area contributed by atoms with Crippen molar-refractivity contribution in [1.29, 1.82) is 0 Å². The molecule has 0 amide bonds. The molecular weight excluding hydrogens is 486 g/mol. The van der Waals surface area contributed by atoms with Gasteiger partial charge in [0.15, 0.2) is 0 Å². The van der Waals surface area contributed by atoms with Gasteiger partial charge >= 0.3 is 0 Å². The minimum atomic E-state index is -4.52. The first kappa shape index (κ1) is 26.4. The minimum absolute atomic E-state index is 0.0209. The van der Waals surface area contributed by atoms with Crippen molar-refractivity contribution in [3.63, 3.8) is 0 Å². The Hall–Kier alpha value is -2.22. The van der Waals surface area contributed by atoms with Crippen molar-refractivity contribution < 1.29 is 21.9 Å². The van der Waals surface area contributed by atoms with Crippen LogP contribution in [0.4, 0.5) is 5.69 Å². The Morgan fingerprint density at radius 2 is 1.76 bits per heavy atom. The third-order valence-corrected chi connectivity index (χ3v) is 7.58. The molecule has 0 spiro atoms. The molecule has 0 aromatic heterocycles. The number of hydrogen-bond acceptors (Lipinski definition) is 12. The zero-order valence-corrected chi connectivity index (χ0v) is 19.7. The fourth-order valence-electron chi connectivity index (χ4n) is 3.41. The maximum Gasteiger partial charge on any atom is 0.241 e. The Balaban J connectivity index is 2.21. The summed E-state index contributed by atoms with van der Waals surface area (Å²) in [6.07, 6.45) is -1.62. The molecule has 1 heterocycles. The molecule has 16 heteroatoms. The summed E-state index contributed by atoms with van der Waals surface area (Å²) in [7, 11) is -8.78. The zero-order valence-electron chi connectivity index (χ0n) is 18.1. The van der Waals surface area contributed by atoms with Crippen LogP contribution in [0.15, 0.2) is 46.2 Å². The molecule has 0 bridgehead atoms. The van der Waals surface area contributed by atoms with Gasteiger partial charge in [0, 0.05) is 37.4 Å². The van der Waals surface area contributed by atoms with Crippen molar-refractivity contribution in [3.05, 3.63) is 42.0 Å². The van der Waals surface area contributed by atoms with Gasteiger partial charge < -0.3 is 21.9 Å². The summed E-state index contributed by atoms with van der Waals surface area (Å²) in [4.78, 5) is -1.07. The Bertz CT molecular complexity index is 1220. The van der Waals surface area contributed by atoms with Gasteiger partial charge in [0.05, 0.1) is 6.10 Å². The number of hydrogen-bond donors (Lipinski definition) is 10. The summed E-state index contributed by atoms with van der Waals surface area (Å²) in [5, 5.41) is 18.3. The lowest BCUT2D eigenvalue weighted by Gasteiger charge is -2.22. The fraction of sp³-hybridized carbons (Fsp3) is 0.333. The van der Waals surface area contributed by atoms with Gasteiger partial charge in [-0.05, 0) is 29.3 Å². The van der Waals surface area contributed by atoms with Crippen molar-refractivity contribution in [2.45, 2.75) is 22.1 Å². The number of aliphatic hydroxyl groups excluding tert-OH is 1. The van der Waals surface area contributed by atoms with Gasteiger partial charge in [0.25, 0.3) is 0 Å². The van der Waals surface area contributed by atoms with Gasteiger partial charge in [-0.3, -0.25) is 0 Å². The molecule has 0 aliphatic carbocycles. The molecule has 0 radical (unpaired) electrons. The Morgan fingerprint density at radius 1 is 1.06 bits per heavy atom. The van der Waals surface area contributed by atoms with Gasteiger partial charge in [-0.2, -0.15) is 11.1 Å². The highest BCUT2D eigenvalue weighted by atomic mass is 32.2. The number of nitrogens with one attached hydrogen (secondary N) is 6. The number of benzene rings is 2. The van der Waals surface area contributed by atoms with E-state index in [4.69, 9.17) is 16.6 Å². The van der Waals surface area contributed by atoms with Crippen LogP contribution < -0.4 is 48.6 Å². The van der Waals surface area contributed by atoms with Gasteiger partial charge in [-0.1, -0.05) is 18.2 Å². The molecule has 0 unspecified atom stereocenters. The van der Waals surface area contributed by atoms with Crippen molar-refractivity contribution >= 4 is 25.7 Å². The molecule has 14 nitrogen and oxygen atoms in total. The first-order chi connectivity index (χ1) is 16.1. The van der Waals surface area contributed by atoms with Crippen molar-refractivity contribution in [3.8, 4) is 11.1 Å². The van der Waals surface area contributed by atoms with Crippen LogP contribution in [0.3, 0.4) is 0 Å². The molecule has 2 aromatic rings. The van der Waals surface area contributed by atoms with E-state index in [1.54, 1.807) is 24.3 Å². The van der Waals surface area contributed by atoms with E-state index in [2.05, 4.69) is 32.0 Å². The van der Waals surface area contributed by atoms with Crippen LogP contribution in [-0.4, -0.2) is 54.2 Å². The predicted octanol–water partition coefficient (Wildman–Crippen LogP) is -2.91. The second kappa shape index (κ2) is 11.0. The molecule has 3 rings (SSSR count). The van der Waals surface area contributed by atoms with E-state index in [-0.39, 0.29) is 31.7 Å². The Kier molecular flexibility index (Phi) is 8.55. The van der Waals surface area contributed by atoms with E-state index in [9.17, 15) is 21.9 Å². The normalized spacial score (nSPS) is 16.0. The minimum Gasteiger partial charge on any atom is -0.390 e. The SMILES string of the molecule is NCCNS(=O)(=O)c1ccc(-c2cccc(NC[C@@H](O)CN)c2)c(C2NNNN2)c1S(N)(=O)=O. The predicted molar refractivity (Wildman–Crippen MR) is 126 cm³/mol. The Labute approximate surface area is 197 Å². The van der Waals surface area contributed by atoms with Crippen LogP contribution in [0.2, 0.25) is 0 Å². The van der Waals surface area contributed by atoms with Gasteiger partial charge in [0.2, 0.25) is 20.0 Å². The molecule has 34 heavy (non-hydrogen) atoms. The summed E-state index contributed by atoms with van der Waals surface area (Å²) in [5.74, 6) is 0. The average molecular weight is 516 g/mol. The van der Waals surface area contributed by atoms with E-state index in [1.807, 2.05) is 0 Å². The van der Waals surface area contributed by atoms with Crippen LogP contribution >= 0.6 is 0 Å². The number of aliphatic hydroxyl groups is 1. The molecule has 1 fully saturated rings. The summed E-state index contributed by atoms with van der Waals surface area (Å²) in [5.41, 5.74) is 23.3. The highest BCUT2D eigenvalue weighted by Crippen LogP contribution is 2.37. The summed E-state index contributed by atoms with van der Waals surface area (Å²) in [6.45, 7) is 0.225. The van der Waals surface area contributed by atoms with Crippen molar-refractivity contribution in [1.82, 2.24) is 26.6 Å². The monoisotopic (exact) mass is 515 g/mol. The summed E-state index contributed by atoms with van der Waals surface area (Å²) in [6, 6.07) is 9.63. The van der Waals surface area contributed by atoms with Crippen LogP contribution in [0.5, 0.6) is 0 Å². The number of rotatable bonds is 11. The highest BCUT2D eigenvalue weighted by Gasteiger charge is 2.34. The second-order valence-electron chi connectivity index (χ2n) is 7.41. The standard InChI is InChI=1S/C18H29N9O5S2/c19-6-7-23-34(31,32)15-5-4-14(11-2-1-3-12(8-11)22-10-13(28)9-20)16(17(15)33(21,29)30)18-24-26-27-25-18/h1-5,8,13,18,22-28H,6-7,9-10,19-20H2,(H2,21,29,30)/t13-/m0/s1. The number of nitrogens with two attached hydrogens (primary N) is 3. The fourth-order valence-corrected chi connectivity index (χ4v) is 6.11. The first-order valence-corrected chi connectivity index (χ1v) is 13.2. The van der Waals surface area contributed by atoms with E-state index in [0.29, 0.717) is 16.8 Å². The molecule has 1 saturated heterocycles. The van der Waals surface area contributed by atoms with E-state index in [1.165, 1.54) is 12.1 Å². The maximum absolute atomic E-state index is 12.9. The van der Waals surface area contributed by atoms with E-state index < -0.39 is 42.1 Å². The molecule has 1 atom stereocenters. The molecule has 13 N–H and O–H groups in total. The number of sulfonamides is 2. The lowest BCUT2D eigenvalue weighted by molar-refractivity contribution is 0.196. The number of anilines is 1. The quantitative estimate of drug-likeness (QED) is 0.145. The number of hydrazine groups is 3. The van der Waals surface area contributed by atoms with Gasteiger partial charge in [-0.25, -0.2) is 37.5 Å². The molecular formula is C18H29N9O5S2. The van der Waals surface area contributed by atoms with Crippen molar-refractivity contribution in [2.24, 2.45) is 16.6 Å². The molecule has 1 aliphatic rings. The first-order valence-electron chi connectivity index (χ1n) is 10.2. The summed E-state index contributed by atoms with van der Waals surface area (Å²) >= 11 is 0. The van der Waals surface area contributed by atoms with Gasteiger partial charge in [-0.15, -0.1) is 0 Å². The highest BCUT2D eigenvalue weighted by molar-refractivity contribution is 7.92. The zero-order chi connectivity index (χ0) is 24.9.